The van der Waals surface area contributed by atoms with E-state index in [9.17, 15) is 19.7 Å². The number of nitrogens with one attached hydrogen (secondary N) is 1. The first-order chi connectivity index (χ1) is 10.5. The molecule has 3 N–H and O–H groups in total. The van der Waals surface area contributed by atoms with Gasteiger partial charge in [-0.1, -0.05) is 6.07 Å². The second-order valence-electron chi connectivity index (χ2n) is 4.76. The third kappa shape index (κ3) is 3.53. The summed E-state index contributed by atoms with van der Waals surface area (Å²) in [5.74, 6) is -1.40. The molecule has 1 amide bonds. The third-order valence-corrected chi connectivity index (χ3v) is 4.61. The Kier molecular flexibility index (Phi) is 5.66. The maximum absolute atomic E-state index is 11.6. The number of rotatable bonds is 5. The molecule has 0 aromatic heterocycles. The summed E-state index contributed by atoms with van der Waals surface area (Å²) in [6, 6.07) is 3.49. The Morgan fingerprint density at radius 3 is 2.77 bits per heavy atom. The summed E-state index contributed by atoms with van der Waals surface area (Å²) in [4.78, 5) is 23.7. The topological polar surface area (TPSA) is 95.9 Å². The molecule has 2 rings (SSSR count). The predicted octanol–water partition coefficient (Wildman–Crippen LogP) is 0.909. The first-order valence-electron chi connectivity index (χ1n) is 6.54. The Hall–Kier alpha value is -1.32. The summed E-state index contributed by atoms with van der Waals surface area (Å²) in [7, 11) is -1.27. The van der Waals surface area contributed by atoms with Crippen LogP contribution in [0.2, 0.25) is 0 Å². The van der Waals surface area contributed by atoms with Gasteiger partial charge in [0.1, 0.15) is 11.3 Å². The zero-order valence-electron chi connectivity index (χ0n) is 12.2. The highest BCUT2D eigenvalue weighted by Gasteiger charge is 2.38. The minimum absolute atomic E-state index is 0.0536. The van der Waals surface area contributed by atoms with Gasteiger partial charge >= 0.3 is 13.1 Å². The molecule has 0 saturated carbocycles. The second-order valence-corrected chi connectivity index (χ2v) is 6.47. The molecule has 0 radical (unpaired) electrons. The highest BCUT2D eigenvalue weighted by Crippen LogP contribution is 2.36. The van der Waals surface area contributed by atoms with E-state index in [1.54, 1.807) is 18.4 Å². The van der Waals surface area contributed by atoms with Crippen molar-refractivity contribution in [1.29, 1.82) is 0 Å². The summed E-state index contributed by atoms with van der Waals surface area (Å²) in [5.41, 5.74) is 0.716. The Balaban J connectivity index is 2.29. The molecule has 118 valence electrons. The Labute approximate surface area is 137 Å². The lowest BCUT2D eigenvalue weighted by molar-refractivity contribution is -0.118. The van der Waals surface area contributed by atoms with Gasteiger partial charge in [-0.15, -0.1) is 11.8 Å². The van der Waals surface area contributed by atoms with Crippen LogP contribution in [0.15, 0.2) is 17.0 Å². The number of hydrogen-bond donors (Lipinski definition) is 3. The van der Waals surface area contributed by atoms with E-state index in [1.165, 1.54) is 23.5 Å². The van der Waals surface area contributed by atoms with Gasteiger partial charge in [-0.25, -0.2) is 4.79 Å². The quantitative estimate of drug-likeness (QED) is 0.541. The number of hydrogen-bond acceptors (Lipinski definition) is 6. The highest BCUT2D eigenvalue weighted by atomic mass is 32.2. The van der Waals surface area contributed by atoms with Gasteiger partial charge in [0.15, 0.2) is 0 Å². The fourth-order valence-corrected chi connectivity index (χ4v) is 3.25. The maximum Gasteiger partial charge on any atom is 0.547 e. The van der Waals surface area contributed by atoms with Crippen molar-refractivity contribution in [3.8, 4) is 5.75 Å². The molecular formula is C13H16BNO5S2. The van der Waals surface area contributed by atoms with Crippen molar-refractivity contribution in [2.24, 2.45) is 0 Å². The van der Waals surface area contributed by atoms with Gasteiger partial charge < -0.3 is 20.1 Å². The molecule has 0 spiro atoms. The van der Waals surface area contributed by atoms with E-state index in [0.717, 1.165) is 0 Å². The smallest absolute Gasteiger partial charge is 0.534 e. The molecule has 1 aromatic rings. The van der Waals surface area contributed by atoms with Gasteiger partial charge in [-0.3, -0.25) is 4.79 Å². The van der Waals surface area contributed by atoms with Crippen LogP contribution in [-0.4, -0.2) is 53.3 Å². The van der Waals surface area contributed by atoms with Crippen LogP contribution in [0.25, 0.3) is 0 Å². The molecule has 1 heterocycles. The van der Waals surface area contributed by atoms with Crippen LogP contribution in [0.3, 0.4) is 0 Å². The summed E-state index contributed by atoms with van der Waals surface area (Å²) in [6.07, 6.45) is 3.91. The molecule has 1 aliphatic heterocycles. The third-order valence-electron chi connectivity index (χ3n) is 3.28. The van der Waals surface area contributed by atoms with E-state index in [2.05, 4.69) is 5.32 Å². The van der Waals surface area contributed by atoms with Crippen molar-refractivity contribution in [2.75, 3.05) is 18.3 Å². The number of carbonyl (C=O) groups is 2. The predicted molar refractivity (Wildman–Crippen MR) is 87.8 cm³/mol. The fraction of sp³-hybridized carbons (Fsp3) is 0.385. The molecule has 9 heteroatoms. The molecule has 0 bridgehead atoms. The van der Waals surface area contributed by atoms with Crippen LogP contribution >= 0.6 is 23.5 Å². The fourth-order valence-electron chi connectivity index (χ4n) is 2.32. The maximum atomic E-state index is 11.6. The van der Waals surface area contributed by atoms with Crippen LogP contribution in [0.5, 0.6) is 5.75 Å². The van der Waals surface area contributed by atoms with Gasteiger partial charge in [-0.05, 0) is 30.6 Å². The first-order valence-corrected chi connectivity index (χ1v) is 9.16. The molecule has 1 aliphatic rings. The zero-order chi connectivity index (χ0) is 16.3. The molecule has 1 atom stereocenters. The van der Waals surface area contributed by atoms with E-state index in [1.807, 2.05) is 6.26 Å². The number of fused-ring (bicyclic) bond motifs is 1. The molecule has 0 saturated heterocycles. The van der Waals surface area contributed by atoms with Crippen LogP contribution in [0, 0.1) is 0 Å². The molecule has 6 nitrogen and oxygen atoms in total. The SMILES string of the molecule is CSCC(=O)N[C@H]1Cc2ccc(SC)c(C(=O)O)c2OB1O. The van der Waals surface area contributed by atoms with E-state index in [-0.39, 0.29) is 17.2 Å². The van der Waals surface area contributed by atoms with Crippen LogP contribution in [0.4, 0.5) is 0 Å². The van der Waals surface area contributed by atoms with E-state index < -0.39 is 19.0 Å². The van der Waals surface area contributed by atoms with Gasteiger partial charge in [-0.2, -0.15) is 11.8 Å². The van der Waals surface area contributed by atoms with Crippen LogP contribution < -0.4 is 9.97 Å². The minimum atomic E-state index is -1.27. The van der Waals surface area contributed by atoms with E-state index in [4.69, 9.17) is 4.65 Å². The number of carboxylic acid groups (broad SMARTS) is 1. The molecule has 0 unspecified atom stereocenters. The minimum Gasteiger partial charge on any atom is -0.534 e. The Morgan fingerprint density at radius 1 is 1.45 bits per heavy atom. The molecule has 0 fully saturated rings. The summed E-state index contributed by atoms with van der Waals surface area (Å²) in [6.45, 7) is 0. The Bertz CT molecular complexity index is 598. The Morgan fingerprint density at radius 2 is 2.18 bits per heavy atom. The van der Waals surface area contributed by atoms with Crippen molar-refractivity contribution in [3.63, 3.8) is 0 Å². The lowest BCUT2D eigenvalue weighted by atomic mass is 9.72. The highest BCUT2D eigenvalue weighted by molar-refractivity contribution is 7.99. The van der Waals surface area contributed by atoms with Gasteiger partial charge in [0, 0.05) is 4.90 Å². The molecule has 1 aromatic carbocycles. The second kappa shape index (κ2) is 7.30. The number of benzene rings is 1. The summed E-state index contributed by atoms with van der Waals surface area (Å²) >= 11 is 2.68. The largest absolute Gasteiger partial charge is 0.547 e. The summed E-state index contributed by atoms with van der Waals surface area (Å²) in [5, 5.41) is 22.1. The van der Waals surface area contributed by atoms with Crippen molar-refractivity contribution < 1.29 is 24.4 Å². The van der Waals surface area contributed by atoms with Gasteiger partial charge in [0.25, 0.3) is 0 Å². The van der Waals surface area contributed by atoms with Gasteiger partial charge in [0.2, 0.25) is 5.91 Å². The average molecular weight is 341 g/mol. The molecule has 22 heavy (non-hydrogen) atoms. The van der Waals surface area contributed by atoms with Crippen molar-refractivity contribution in [1.82, 2.24) is 5.32 Å². The lowest BCUT2D eigenvalue weighted by Gasteiger charge is -2.29. The van der Waals surface area contributed by atoms with Crippen LogP contribution in [0.1, 0.15) is 15.9 Å². The number of thioether (sulfide) groups is 2. The first kappa shape index (κ1) is 17.0. The van der Waals surface area contributed by atoms with E-state index in [0.29, 0.717) is 22.6 Å². The van der Waals surface area contributed by atoms with Crippen molar-refractivity contribution >= 4 is 42.5 Å². The summed E-state index contributed by atoms with van der Waals surface area (Å²) < 4.78 is 5.40. The molecule has 0 aliphatic carbocycles. The van der Waals surface area contributed by atoms with Crippen molar-refractivity contribution in [2.45, 2.75) is 17.3 Å². The van der Waals surface area contributed by atoms with Gasteiger partial charge in [0.05, 0.1) is 11.7 Å². The number of amides is 1. The number of carboxylic acids is 1. The molecular weight excluding hydrogens is 325 g/mol. The monoisotopic (exact) mass is 341 g/mol. The van der Waals surface area contributed by atoms with E-state index >= 15 is 0 Å². The number of carbonyl (C=O) groups excluding carboxylic acids is 1. The zero-order valence-corrected chi connectivity index (χ0v) is 13.8. The normalized spacial score (nSPS) is 16.7. The van der Waals surface area contributed by atoms with Crippen LogP contribution in [-0.2, 0) is 11.2 Å². The lowest BCUT2D eigenvalue weighted by Crippen LogP contribution is -2.53. The standard InChI is InChI=1S/C13H16BNO5S2/c1-21-6-10(16)15-9-5-7-3-4-8(22-2)11(13(17)18)12(7)20-14(9)19/h3-4,9,19H,5-6H2,1-2H3,(H,15,16)(H,17,18)/t9-/m0/s1. The van der Waals surface area contributed by atoms with Crippen molar-refractivity contribution in [3.05, 3.63) is 23.3 Å². The average Bonchev–Trinajstić information content (AvgIpc) is 2.46. The number of aromatic carboxylic acids is 1.